The average Bonchev–Trinajstić information content (AvgIpc) is 2.15. The lowest BCUT2D eigenvalue weighted by Gasteiger charge is -2.45. The molecule has 0 atom stereocenters. The first-order valence-corrected chi connectivity index (χ1v) is 9.46. The summed E-state index contributed by atoms with van der Waals surface area (Å²) in [5.74, 6) is 0. The summed E-state index contributed by atoms with van der Waals surface area (Å²) in [5, 5.41) is 0. The molecule has 0 amide bonds. The summed E-state index contributed by atoms with van der Waals surface area (Å²) < 4.78 is 66.0. The Morgan fingerprint density at radius 3 is 1.39 bits per heavy atom. The molecule has 0 bridgehead atoms. The van der Waals surface area contributed by atoms with Gasteiger partial charge in [-0.3, -0.25) is 0 Å². The fourth-order valence-corrected chi connectivity index (χ4v) is 13.3. The van der Waals surface area contributed by atoms with Gasteiger partial charge in [-0.1, -0.05) is 45.9 Å². The van der Waals surface area contributed by atoms with E-state index in [1.54, 1.807) is 41.5 Å². The molecule has 0 aliphatic heterocycles. The van der Waals surface area contributed by atoms with Crippen LogP contribution in [0.25, 0.3) is 0 Å². The van der Waals surface area contributed by atoms with Crippen LogP contribution in [-0.2, 0) is 14.5 Å². The molecular formula is C10H21F3O3SSi. The second-order valence-corrected chi connectivity index (χ2v) is 13.3. The van der Waals surface area contributed by atoms with Crippen LogP contribution in [0.5, 0.6) is 0 Å². The van der Waals surface area contributed by atoms with Crippen molar-refractivity contribution in [3.8, 4) is 0 Å². The van der Waals surface area contributed by atoms with Gasteiger partial charge in [0.15, 0.2) is 8.07 Å². The Morgan fingerprint density at radius 2 is 1.22 bits per heavy atom. The zero-order valence-corrected chi connectivity index (χ0v) is 13.3. The van der Waals surface area contributed by atoms with Crippen molar-refractivity contribution in [1.82, 2.24) is 0 Å². The molecule has 0 aliphatic rings. The minimum absolute atomic E-state index is 0.530. The van der Waals surface area contributed by atoms with Crippen LogP contribution < -0.4 is 0 Å². The lowest BCUT2D eigenvalue weighted by Crippen LogP contribution is -2.63. The largest absolute Gasteiger partial charge is 0.359 e. The predicted octanol–water partition coefficient (Wildman–Crippen LogP) is 4.03. The van der Waals surface area contributed by atoms with E-state index in [2.05, 4.69) is 4.39 Å². The molecule has 0 aromatic rings. The van der Waals surface area contributed by atoms with Crippen LogP contribution in [-0.4, -0.2) is 21.4 Å². The first-order valence-electron chi connectivity index (χ1n) is 5.82. The molecule has 0 spiro atoms. The van der Waals surface area contributed by atoms with Gasteiger partial charge >= 0.3 is 15.0 Å². The van der Waals surface area contributed by atoms with Crippen molar-refractivity contribution in [2.45, 2.75) is 63.0 Å². The van der Waals surface area contributed by atoms with Gasteiger partial charge in [0.05, 0.1) is 0 Å². The monoisotopic (exact) mass is 306 g/mol. The van der Waals surface area contributed by atoms with Crippen molar-refractivity contribution in [1.29, 1.82) is 0 Å². The fraction of sp³-hybridized carbons (Fsp3) is 1.00. The van der Waals surface area contributed by atoms with Gasteiger partial charge in [-0.2, -0.15) is 17.2 Å². The van der Waals surface area contributed by atoms with Gasteiger partial charge in [-0.05, 0) is 21.1 Å². The normalized spacial score (nSPS) is 14.9. The van der Waals surface area contributed by atoms with Crippen LogP contribution in [0.3, 0.4) is 0 Å². The highest BCUT2D eigenvalue weighted by molar-refractivity contribution is 7.89. The van der Waals surface area contributed by atoms with Crippen molar-refractivity contribution in [3.05, 3.63) is 0 Å². The zero-order valence-electron chi connectivity index (χ0n) is 11.5. The SMILES string of the molecule is CC(C)[Si](C(C)C)(C(C)C)C(F)(F)S(=O)(=O)OF. The molecule has 18 heavy (non-hydrogen) atoms. The van der Waals surface area contributed by atoms with E-state index in [0.717, 1.165) is 0 Å². The molecule has 0 aliphatic carbocycles. The molecule has 0 saturated carbocycles. The first kappa shape index (κ1) is 17.9. The Labute approximate surface area is 108 Å². The van der Waals surface area contributed by atoms with Crippen molar-refractivity contribution in [2.75, 3.05) is 0 Å². The maximum absolute atomic E-state index is 14.4. The number of rotatable bonds is 6. The predicted molar refractivity (Wildman–Crippen MR) is 67.1 cm³/mol. The standard InChI is InChI=1S/C10H21F3O3SSi/c1-7(2)18(8(3)4,9(5)6)10(11,12)17(14,15)16-13/h7-9H,1-6H3. The molecule has 110 valence electrons. The number of alkyl halides is 2. The Hall–Kier alpha value is -0.0831. The summed E-state index contributed by atoms with van der Waals surface area (Å²) in [6.45, 7) is 9.38. The molecule has 8 heteroatoms. The summed E-state index contributed by atoms with van der Waals surface area (Å²) in [5.41, 5.74) is -1.59. The third-order valence-electron chi connectivity index (χ3n) is 3.77. The molecule has 0 aromatic carbocycles. The second kappa shape index (κ2) is 5.50. The second-order valence-electron chi connectivity index (χ2n) is 5.43. The molecule has 0 heterocycles. The molecule has 0 unspecified atom stereocenters. The zero-order chi connectivity index (χ0) is 14.9. The van der Waals surface area contributed by atoms with Gasteiger partial charge in [-0.25, -0.2) is 0 Å². The van der Waals surface area contributed by atoms with Crippen LogP contribution in [0.2, 0.25) is 16.6 Å². The van der Waals surface area contributed by atoms with Gasteiger partial charge in [-0.15, -0.1) is 0 Å². The summed E-state index contributed by atoms with van der Waals surface area (Å²) in [7, 11) is -9.23. The highest BCUT2D eigenvalue weighted by Crippen LogP contribution is 2.53. The molecule has 0 rings (SSSR count). The Morgan fingerprint density at radius 1 is 0.944 bits per heavy atom. The number of halogens is 3. The van der Waals surface area contributed by atoms with Gasteiger partial charge in [0.1, 0.15) is 0 Å². The molecule has 3 nitrogen and oxygen atoms in total. The smallest absolute Gasteiger partial charge is 0.191 e. The van der Waals surface area contributed by atoms with Gasteiger partial charge in [0.25, 0.3) is 0 Å². The van der Waals surface area contributed by atoms with E-state index >= 15 is 0 Å². The van der Waals surface area contributed by atoms with Gasteiger partial charge in [0.2, 0.25) is 0 Å². The topological polar surface area (TPSA) is 43.4 Å². The summed E-state index contributed by atoms with van der Waals surface area (Å²) in [4.78, 5) is -4.16. The molecule has 0 N–H and O–H groups in total. The maximum atomic E-state index is 14.4. The molecular weight excluding hydrogens is 285 g/mol. The minimum Gasteiger partial charge on any atom is -0.191 e. The average molecular weight is 306 g/mol. The molecule has 0 fully saturated rings. The van der Waals surface area contributed by atoms with E-state index in [4.69, 9.17) is 0 Å². The first-order chi connectivity index (χ1) is 7.89. The quantitative estimate of drug-likeness (QED) is 0.696. The Balaban J connectivity index is 6.21. The van der Waals surface area contributed by atoms with Crippen molar-refractivity contribution >= 4 is 18.2 Å². The van der Waals surface area contributed by atoms with E-state index in [9.17, 15) is 21.7 Å². The van der Waals surface area contributed by atoms with Crippen molar-refractivity contribution in [2.24, 2.45) is 0 Å². The van der Waals surface area contributed by atoms with Crippen LogP contribution in [0, 0.1) is 0 Å². The third kappa shape index (κ3) is 2.34. The minimum atomic E-state index is -5.53. The molecule has 0 radical (unpaired) electrons. The Bertz CT molecular complexity index is 358. The van der Waals surface area contributed by atoms with Gasteiger partial charge in [0, 0.05) is 0 Å². The van der Waals surface area contributed by atoms with Crippen LogP contribution in [0.15, 0.2) is 0 Å². The number of hydrogen-bond acceptors (Lipinski definition) is 3. The highest BCUT2D eigenvalue weighted by Gasteiger charge is 2.69. The Kier molecular flexibility index (Phi) is 5.47. The van der Waals surface area contributed by atoms with E-state index < -0.39 is 39.7 Å². The fourth-order valence-electron chi connectivity index (χ4n) is 3.26. The van der Waals surface area contributed by atoms with E-state index in [1.165, 1.54) is 0 Å². The van der Waals surface area contributed by atoms with E-state index in [1.807, 2.05) is 0 Å². The van der Waals surface area contributed by atoms with Gasteiger partial charge < -0.3 is 0 Å². The molecule has 0 saturated heterocycles. The maximum Gasteiger partial charge on any atom is 0.359 e. The van der Waals surface area contributed by atoms with Crippen LogP contribution in [0.4, 0.5) is 13.3 Å². The highest BCUT2D eigenvalue weighted by atomic mass is 32.2. The van der Waals surface area contributed by atoms with Crippen molar-refractivity contribution < 1.29 is 26.1 Å². The lowest BCUT2D eigenvalue weighted by atomic mass is 10.5. The summed E-state index contributed by atoms with van der Waals surface area (Å²) in [6, 6.07) is 0. The third-order valence-corrected chi connectivity index (χ3v) is 13.1. The van der Waals surface area contributed by atoms with Crippen LogP contribution in [0.1, 0.15) is 41.5 Å². The van der Waals surface area contributed by atoms with Crippen molar-refractivity contribution in [3.63, 3.8) is 0 Å². The molecule has 0 aromatic heterocycles. The lowest BCUT2D eigenvalue weighted by molar-refractivity contribution is -0.0153. The van der Waals surface area contributed by atoms with Crippen LogP contribution >= 0.6 is 0 Å². The van der Waals surface area contributed by atoms with E-state index in [0.29, 0.717) is 0 Å². The summed E-state index contributed by atoms with van der Waals surface area (Å²) >= 11 is 0. The summed E-state index contributed by atoms with van der Waals surface area (Å²) in [6.07, 6.45) is 0. The number of hydrogen-bond donors (Lipinski definition) is 0. The van der Waals surface area contributed by atoms with E-state index in [-0.39, 0.29) is 0 Å².